The summed E-state index contributed by atoms with van der Waals surface area (Å²) in [5.41, 5.74) is 0.982. The highest BCUT2D eigenvalue weighted by atomic mass is 16.5. The van der Waals surface area contributed by atoms with Gasteiger partial charge in [-0.2, -0.15) is 5.10 Å². The second-order valence-electron chi connectivity index (χ2n) is 3.72. The van der Waals surface area contributed by atoms with E-state index in [1.54, 1.807) is 12.4 Å². The van der Waals surface area contributed by atoms with E-state index in [4.69, 9.17) is 4.74 Å². The van der Waals surface area contributed by atoms with Gasteiger partial charge in [0.15, 0.2) is 0 Å². The molecule has 0 aromatic carbocycles. The lowest BCUT2D eigenvalue weighted by Gasteiger charge is -2.08. The molecule has 1 unspecified atom stereocenters. The van der Waals surface area contributed by atoms with Crippen LogP contribution in [-0.2, 0) is 16.1 Å². The summed E-state index contributed by atoms with van der Waals surface area (Å²) in [7, 11) is 0. The van der Waals surface area contributed by atoms with Crippen molar-refractivity contribution in [2.45, 2.75) is 31.9 Å². The first kappa shape index (κ1) is 10.2. The van der Waals surface area contributed by atoms with Crippen LogP contribution in [0.5, 0.6) is 0 Å². The van der Waals surface area contributed by atoms with Crippen LogP contribution in [0.1, 0.15) is 24.8 Å². The third-order valence-electron chi connectivity index (χ3n) is 2.48. The lowest BCUT2D eigenvalue weighted by molar-refractivity contribution is -0.123. The third-order valence-corrected chi connectivity index (χ3v) is 2.48. The standard InChI is InChI=1S/C10H15N3O2/c14-10(4-9-2-1-3-15-9)11-5-8-6-12-13-7-8/h6-7,9H,1-5H2,(H,11,14)(H,12,13). The highest BCUT2D eigenvalue weighted by Gasteiger charge is 2.18. The molecule has 5 heteroatoms. The number of nitrogens with zero attached hydrogens (tertiary/aromatic N) is 1. The van der Waals surface area contributed by atoms with E-state index in [0.29, 0.717) is 13.0 Å². The third kappa shape index (κ3) is 3.06. The Hall–Kier alpha value is -1.36. The summed E-state index contributed by atoms with van der Waals surface area (Å²) in [6.45, 7) is 1.32. The predicted octanol–water partition coefficient (Wildman–Crippen LogP) is 0.595. The lowest BCUT2D eigenvalue weighted by Crippen LogP contribution is -2.26. The van der Waals surface area contributed by atoms with E-state index in [-0.39, 0.29) is 12.0 Å². The fraction of sp³-hybridized carbons (Fsp3) is 0.600. The molecule has 2 N–H and O–H groups in total. The molecule has 1 atom stereocenters. The first-order valence-electron chi connectivity index (χ1n) is 5.20. The number of hydrogen-bond acceptors (Lipinski definition) is 3. The van der Waals surface area contributed by atoms with E-state index >= 15 is 0 Å². The summed E-state index contributed by atoms with van der Waals surface area (Å²) >= 11 is 0. The number of ether oxygens (including phenoxy) is 1. The number of aromatic nitrogens is 2. The molecular formula is C10H15N3O2. The molecule has 15 heavy (non-hydrogen) atoms. The zero-order valence-corrected chi connectivity index (χ0v) is 8.53. The minimum Gasteiger partial charge on any atom is -0.378 e. The van der Waals surface area contributed by atoms with Crippen LogP contribution in [0.4, 0.5) is 0 Å². The lowest BCUT2D eigenvalue weighted by atomic mass is 10.2. The van der Waals surface area contributed by atoms with Gasteiger partial charge in [0.05, 0.1) is 18.7 Å². The van der Waals surface area contributed by atoms with Gasteiger partial charge in [-0.25, -0.2) is 0 Å². The number of H-pyrrole nitrogens is 1. The van der Waals surface area contributed by atoms with Crippen LogP contribution in [0.15, 0.2) is 12.4 Å². The average molecular weight is 209 g/mol. The molecule has 1 aromatic rings. The summed E-state index contributed by atoms with van der Waals surface area (Å²) in [6, 6.07) is 0. The molecule has 2 rings (SSSR count). The number of amides is 1. The number of carbonyl (C=O) groups excluding carboxylic acids is 1. The summed E-state index contributed by atoms with van der Waals surface area (Å²) in [6.07, 6.45) is 6.13. The van der Waals surface area contributed by atoms with Gasteiger partial charge in [0.2, 0.25) is 5.91 Å². The van der Waals surface area contributed by atoms with Gasteiger partial charge in [0.25, 0.3) is 0 Å². The van der Waals surface area contributed by atoms with Gasteiger partial charge in [-0.15, -0.1) is 0 Å². The van der Waals surface area contributed by atoms with Crippen LogP contribution in [0.3, 0.4) is 0 Å². The Morgan fingerprint density at radius 3 is 3.33 bits per heavy atom. The molecule has 1 fully saturated rings. The quantitative estimate of drug-likeness (QED) is 0.762. The van der Waals surface area contributed by atoms with Crippen molar-refractivity contribution in [3.8, 4) is 0 Å². The zero-order valence-electron chi connectivity index (χ0n) is 8.53. The van der Waals surface area contributed by atoms with Gasteiger partial charge in [-0.05, 0) is 12.8 Å². The van der Waals surface area contributed by atoms with Crippen LogP contribution >= 0.6 is 0 Å². The average Bonchev–Trinajstić information content (AvgIpc) is 2.86. The Morgan fingerprint density at radius 1 is 1.73 bits per heavy atom. The molecule has 1 aliphatic heterocycles. The number of hydrogen-bond donors (Lipinski definition) is 2. The van der Waals surface area contributed by atoms with Gasteiger partial charge >= 0.3 is 0 Å². The largest absolute Gasteiger partial charge is 0.378 e. The predicted molar refractivity (Wildman–Crippen MR) is 54.0 cm³/mol. The highest BCUT2D eigenvalue weighted by Crippen LogP contribution is 2.14. The molecule has 1 aliphatic rings. The van der Waals surface area contributed by atoms with Gasteiger partial charge < -0.3 is 10.1 Å². The maximum absolute atomic E-state index is 11.5. The fourth-order valence-electron chi connectivity index (χ4n) is 1.66. The van der Waals surface area contributed by atoms with Gasteiger partial charge in [-0.3, -0.25) is 9.89 Å². The Bertz CT molecular complexity index is 304. The van der Waals surface area contributed by atoms with E-state index in [9.17, 15) is 4.79 Å². The first-order chi connectivity index (χ1) is 7.34. The van der Waals surface area contributed by atoms with Crippen LogP contribution in [0.2, 0.25) is 0 Å². The van der Waals surface area contributed by atoms with Gasteiger partial charge in [-0.1, -0.05) is 0 Å². The van der Waals surface area contributed by atoms with Crippen LogP contribution < -0.4 is 5.32 Å². The molecule has 2 heterocycles. The molecule has 0 radical (unpaired) electrons. The van der Waals surface area contributed by atoms with Crippen molar-refractivity contribution in [3.63, 3.8) is 0 Å². The molecule has 0 bridgehead atoms. The number of carbonyl (C=O) groups is 1. The minimum absolute atomic E-state index is 0.0445. The van der Waals surface area contributed by atoms with Crippen molar-refractivity contribution in [1.29, 1.82) is 0 Å². The van der Waals surface area contributed by atoms with Gasteiger partial charge in [0.1, 0.15) is 0 Å². The maximum Gasteiger partial charge on any atom is 0.222 e. The smallest absolute Gasteiger partial charge is 0.222 e. The molecule has 82 valence electrons. The topological polar surface area (TPSA) is 67.0 Å². The van der Waals surface area contributed by atoms with E-state index in [0.717, 1.165) is 25.0 Å². The fourth-order valence-corrected chi connectivity index (χ4v) is 1.66. The highest BCUT2D eigenvalue weighted by molar-refractivity contribution is 5.76. The number of nitrogens with one attached hydrogen (secondary N) is 2. The summed E-state index contributed by atoms with van der Waals surface area (Å²) < 4.78 is 5.38. The Kier molecular flexibility index (Phi) is 3.34. The summed E-state index contributed by atoms with van der Waals surface area (Å²) in [5.74, 6) is 0.0445. The van der Waals surface area contributed by atoms with Crippen LogP contribution in [-0.4, -0.2) is 28.8 Å². The summed E-state index contributed by atoms with van der Waals surface area (Å²) in [5, 5.41) is 9.34. The molecule has 1 saturated heterocycles. The van der Waals surface area contributed by atoms with Crippen molar-refractivity contribution in [2.24, 2.45) is 0 Å². The Morgan fingerprint density at radius 2 is 2.67 bits per heavy atom. The Labute approximate surface area is 88.2 Å². The van der Waals surface area contributed by atoms with E-state index in [2.05, 4.69) is 15.5 Å². The molecular weight excluding hydrogens is 194 g/mol. The molecule has 0 spiro atoms. The molecule has 0 saturated carbocycles. The van der Waals surface area contributed by atoms with Crippen LogP contribution in [0, 0.1) is 0 Å². The van der Waals surface area contributed by atoms with Crippen LogP contribution in [0.25, 0.3) is 0 Å². The van der Waals surface area contributed by atoms with E-state index in [1.807, 2.05) is 0 Å². The first-order valence-corrected chi connectivity index (χ1v) is 5.20. The van der Waals surface area contributed by atoms with Gasteiger partial charge in [0, 0.05) is 24.9 Å². The van der Waals surface area contributed by atoms with Crippen molar-refractivity contribution in [1.82, 2.24) is 15.5 Å². The van der Waals surface area contributed by atoms with Crippen molar-refractivity contribution >= 4 is 5.91 Å². The molecule has 1 amide bonds. The number of rotatable bonds is 4. The van der Waals surface area contributed by atoms with E-state index in [1.165, 1.54) is 0 Å². The SMILES string of the molecule is O=C(CC1CCCO1)NCc1cn[nH]c1. The van der Waals surface area contributed by atoms with Crippen molar-refractivity contribution < 1.29 is 9.53 Å². The normalized spacial score (nSPS) is 20.4. The second kappa shape index (κ2) is 4.93. The second-order valence-corrected chi connectivity index (χ2v) is 3.72. The van der Waals surface area contributed by atoms with E-state index < -0.39 is 0 Å². The minimum atomic E-state index is 0.0445. The van der Waals surface area contributed by atoms with Crippen molar-refractivity contribution in [3.05, 3.63) is 18.0 Å². The molecule has 0 aliphatic carbocycles. The Balaban J connectivity index is 1.68. The molecule has 5 nitrogen and oxygen atoms in total. The van der Waals surface area contributed by atoms with Crippen molar-refractivity contribution in [2.75, 3.05) is 6.61 Å². The monoisotopic (exact) mass is 209 g/mol. The molecule has 1 aromatic heterocycles. The number of aromatic amines is 1. The zero-order chi connectivity index (χ0) is 10.5. The summed E-state index contributed by atoms with van der Waals surface area (Å²) in [4.78, 5) is 11.5. The maximum atomic E-state index is 11.5.